The highest BCUT2D eigenvalue weighted by molar-refractivity contribution is 8.00. The minimum Gasteiger partial charge on any atom is -0.462 e. The molecular formula is C26H46N4O3S. The van der Waals surface area contributed by atoms with Crippen LogP contribution in [-0.4, -0.2) is 96.7 Å². The molecule has 2 heterocycles. The Labute approximate surface area is 210 Å². The molecule has 5 atom stereocenters. The van der Waals surface area contributed by atoms with E-state index in [1.807, 2.05) is 13.8 Å². The van der Waals surface area contributed by atoms with Crippen molar-refractivity contribution in [2.45, 2.75) is 87.8 Å². The molecule has 3 fully saturated rings. The first-order chi connectivity index (χ1) is 16.5. The molecule has 4 aliphatic rings. The first-order valence-corrected chi connectivity index (χ1v) is 14.7. The Kier molecular flexibility index (Phi) is 9.98. The molecule has 2 N–H and O–H groups in total. The van der Waals surface area contributed by atoms with Gasteiger partial charge in [-0.2, -0.15) is 11.8 Å². The molecule has 8 heteroatoms. The number of thioether (sulfide) groups is 1. The lowest BCUT2D eigenvalue weighted by molar-refractivity contribution is -0.147. The lowest BCUT2D eigenvalue weighted by atomic mass is 9.86. The van der Waals surface area contributed by atoms with Crippen molar-refractivity contribution in [3.8, 4) is 0 Å². The molecule has 0 spiro atoms. The van der Waals surface area contributed by atoms with Gasteiger partial charge in [0.2, 0.25) is 0 Å². The Hall–Kier alpha value is -0.830. The molecule has 2 saturated carbocycles. The summed E-state index contributed by atoms with van der Waals surface area (Å²) in [5.74, 6) is 1.88. The van der Waals surface area contributed by atoms with E-state index in [-0.39, 0.29) is 18.5 Å². The van der Waals surface area contributed by atoms with Gasteiger partial charge in [0.15, 0.2) is 0 Å². The fourth-order valence-electron chi connectivity index (χ4n) is 5.81. The number of amidine groups is 1. The number of rotatable bonds is 8. The summed E-state index contributed by atoms with van der Waals surface area (Å²) in [5, 5.41) is 1.55. The van der Waals surface area contributed by atoms with Gasteiger partial charge in [-0.05, 0) is 31.6 Å². The van der Waals surface area contributed by atoms with Crippen molar-refractivity contribution in [1.82, 2.24) is 9.80 Å². The third-order valence-corrected chi connectivity index (χ3v) is 9.87. The van der Waals surface area contributed by atoms with E-state index in [0.29, 0.717) is 25.2 Å². The maximum absolute atomic E-state index is 11.8. The van der Waals surface area contributed by atoms with Gasteiger partial charge >= 0.3 is 5.97 Å². The molecule has 0 aromatic carbocycles. The summed E-state index contributed by atoms with van der Waals surface area (Å²) in [6.45, 7) is 10.4. The van der Waals surface area contributed by atoms with Crippen molar-refractivity contribution in [3.05, 3.63) is 0 Å². The van der Waals surface area contributed by atoms with Crippen LogP contribution in [0.1, 0.15) is 65.2 Å². The fourth-order valence-corrected chi connectivity index (χ4v) is 7.69. The zero-order valence-electron chi connectivity index (χ0n) is 21.3. The molecule has 34 heavy (non-hydrogen) atoms. The molecule has 2 aliphatic carbocycles. The average molecular weight is 495 g/mol. The van der Waals surface area contributed by atoms with Gasteiger partial charge in [-0.3, -0.25) is 14.7 Å². The molecule has 7 nitrogen and oxygen atoms in total. The topological polar surface area (TPSA) is 80.4 Å². The second kappa shape index (κ2) is 12.9. The zero-order valence-corrected chi connectivity index (χ0v) is 22.1. The highest BCUT2D eigenvalue weighted by Crippen LogP contribution is 2.44. The molecule has 194 valence electrons. The molecule has 2 aliphatic heterocycles. The van der Waals surface area contributed by atoms with Crippen LogP contribution < -0.4 is 5.73 Å². The van der Waals surface area contributed by atoms with E-state index in [4.69, 9.17) is 20.2 Å². The Morgan fingerprint density at radius 2 is 1.71 bits per heavy atom. The second-order valence-corrected chi connectivity index (χ2v) is 12.3. The van der Waals surface area contributed by atoms with E-state index in [1.165, 1.54) is 57.2 Å². The Balaban J connectivity index is 1.19. The SMILES string of the molecule is CC(C)C(N)C(=O)OCCOCCN1CCN(C2=NC3CCCCC3SC3CCCCC23)CC1. The molecule has 0 aromatic heterocycles. The average Bonchev–Trinajstić information content (AvgIpc) is 3.02. The normalized spacial score (nSPS) is 31.3. The molecule has 0 aromatic rings. The maximum atomic E-state index is 11.8. The third-order valence-electron chi connectivity index (χ3n) is 8.06. The van der Waals surface area contributed by atoms with E-state index in [1.54, 1.807) is 0 Å². The highest BCUT2D eigenvalue weighted by atomic mass is 32.2. The number of ether oxygens (including phenoxy) is 2. The summed E-state index contributed by atoms with van der Waals surface area (Å²) in [7, 11) is 0. The van der Waals surface area contributed by atoms with Gasteiger partial charge in [0, 0.05) is 49.1 Å². The summed E-state index contributed by atoms with van der Waals surface area (Å²) in [5.41, 5.74) is 5.80. The largest absolute Gasteiger partial charge is 0.462 e. The van der Waals surface area contributed by atoms with Crippen LogP contribution in [0.4, 0.5) is 0 Å². The van der Waals surface area contributed by atoms with Crippen LogP contribution in [0.2, 0.25) is 0 Å². The van der Waals surface area contributed by atoms with Crippen molar-refractivity contribution in [2.24, 2.45) is 22.6 Å². The van der Waals surface area contributed by atoms with Crippen LogP contribution in [0.25, 0.3) is 0 Å². The lowest BCUT2D eigenvalue weighted by Crippen LogP contribution is -2.52. The van der Waals surface area contributed by atoms with Gasteiger partial charge in [-0.25, -0.2) is 0 Å². The van der Waals surface area contributed by atoms with Gasteiger partial charge < -0.3 is 20.1 Å². The number of carbonyl (C=O) groups is 1. The van der Waals surface area contributed by atoms with Gasteiger partial charge in [0.1, 0.15) is 18.5 Å². The lowest BCUT2D eigenvalue weighted by Gasteiger charge is -2.41. The molecule has 4 rings (SSSR count). The summed E-state index contributed by atoms with van der Waals surface area (Å²) < 4.78 is 10.9. The second-order valence-electron chi connectivity index (χ2n) is 10.8. The number of esters is 1. The van der Waals surface area contributed by atoms with Crippen molar-refractivity contribution in [2.75, 3.05) is 52.5 Å². The first-order valence-electron chi connectivity index (χ1n) is 13.7. The number of fused-ring (bicyclic) bond motifs is 2. The summed E-state index contributed by atoms with van der Waals surface area (Å²) in [6, 6.07) is -0.00388. The minimum atomic E-state index is -0.555. The predicted molar refractivity (Wildman–Crippen MR) is 139 cm³/mol. The van der Waals surface area contributed by atoms with E-state index >= 15 is 0 Å². The van der Waals surface area contributed by atoms with E-state index in [2.05, 4.69) is 21.6 Å². The zero-order chi connectivity index (χ0) is 23.9. The fraction of sp³-hybridized carbons (Fsp3) is 0.923. The maximum Gasteiger partial charge on any atom is 0.323 e. The quantitative estimate of drug-likeness (QED) is 0.410. The summed E-state index contributed by atoms with van der Waals surface area (Å²) in [4.78, 5) is 22.4. The van der Waals surface area contributed by atoms with Gasteiger partial charge in [0.25, 0.3) is 0 Å². The Morgan fingerprint density at radius 1 is 1.00 bits per heavy atom. The van der Waals surface area contributed by atoms with E-state index < -0.39 is 6.04 Å². The monoisotopic (exact) mass is 494 g/mol. The van der Waals surface area contributed by atoms with Crippen LogP contribution >= 0.6 is 11.8 Å². The van der Waals surface area contributed by atoms with Crippen molar-refractivity contribution < 1.29 is 14.3 Å². The number of nitrogens with zero attached hydrogens (tertiary/aromatic N) is 3. The molecule has 1 saturated heterocycles. The smallest absolute Gasteiger partial charge is 0.323 e. The summed E-state index contributed by atoms with van der Waals surface area (Å²) in [6.07, 6.45) is 10.9. The standard InChI is InChI=1S/C26H46N4O3S/c1-19(2)24(27)26(31)33-18-17-32-16-15-29-11-13-30(14-12-29)25-20-7-3-5-9-22(20)34-23-10-6-4-8-21(23)28-25/h19-24H,3-18,27H2,1-2H3. The van der Waals surface area contributed by atoms with Gasteiger partial charge in [-0.1, -0.05) is 39.5 Å². The Bertz CT molecular complexity index is 683. The predicted octanol–water partition coefficient (Wildman–Crippen LogP) is 3.16. The van der Waals surface area contributed by atoms with Crippen LogP contribution in [0.5, 0.6) is 0 Å². The molecule has 0 amide bonds. The number of hydrogen-bond donors (Lipinski definition) is 1. The van der Waals surface area contributed by atoms with E-state index in [0.717, 1.165) is 43.2 Å². The molecule has 0 radical (unpaired) electrons. The molecular weight excluding hydrogens is 448 g/mol. The number of aliphatic imine (C=N–C) groups is 1. The van der Waals surface area contributed by atoms with E-state index in [9.17, 15) is 4.79 Å². The number of hydrogen-bond acceptors (Lipinski definition) is 8. The van der Waals surface area contributed by atoms with Crippen molar-refractivity contribution in [1.29, 1.82) is 0 Å². The number of piperazine rings is 1. The van der Waals surface area contributed by atoms with Crippen LogP contribution in [0.15, 0.2) is 4.99 Å². The molecule has 5 unspecified atom stereocenters. The van der Waals surface area contributed by atoms with Gasteiger partial charge in [0.05, 0.1) is 19.3 Å². The number of carbonyl (C=O) groups excluding carboxylic acids is 1. The van der Waals surface area contributed by atoms with Crippen LogP contribution in [0, 0.1) is 11.8 Å². The summed E-state index contributed by atoms with van der Waals surface area (Å²) >= 11 is 2.30. The first kappa shape index (κ1) is 26.2. The van der Waals surface area contributed by atoms with Gasteiger partial charge in [-0.15, -0.1) is 0 Å². The van der Waals surface area contributed by atoms with Crippen molar-refractivity contribution in [3.63, 3.8) is 0 Å². The number of nitrogens with two attached hydrogens (primary N) is 1. The van der Waals surface area contributed by atoms with Crippen molar-refractivity contribution >= 4 is 23.6 Å². The highest BCUT2D eigenvalue weighted by Gasteiger charge is 2.40. The minimum absolute atomic E-state index is 0.0860. The molecule has 0 bridgehead atoms. The van der Waals surface area contributed by atoms with Crippen LogP contribution in [-0.2, 0) is 14.3 Å². The van der Waals surface area contributed by atoms with Crippen LogP contribution in [0.3, 0.4) is 0 Å². The third kappa shape index (κ3) is 6.89. The Morgan fingerprint density at radius 3 is 2.47 bits per heavy atom.